The molecule has 214 valence electrons. The van der Waals surface area contributed by atoms with Crippen molar-refractivity contribution in [3.8, 4) is 28.5 Å². The second-order valence-electron chi connectivity index (χ2n) is 9.48. The van der Waals surface area contributed by atoms with Crippen LogP contribution in [0.2, 0.25) is 0 Å². The van der Waals surface area contributed by atoms with Gasteiger partial charge in [0.25, 0.3) is 0 Å². The Labute approximate surface area is 238 Å². The Balaban J connectivity index is 1.56. The van der Waals surface area contributed by atoms with Gasteiger partial charge >= 0.3 is 0 Å². The zero-order valence-corrected chi connectivity index (χ0v) is 24.6. The van der Waals surface area contributed by atoms with Crippen molar-refractivity contribution in [2.45, 2.75) is 37.0 Å². The van der Waals surface area contributed by atoms with E-state index in [1.807, 2.05) is 22.2 Å². The highest BCUT2D eigenvalue weighted by Gasteiger charge is 2.26. The molecule has 0 amide bonds. The molecule has 40 heavy (non-hydrogen) atoms. The van der Waals surface area contributed by atoms with Crippen molar-refractivity contribution < 1.29 is 27.4 Å². The van der Waals surface area contributed by atoms with Gasteiger partial charge in [-0.05, 0) is 62.1 Å². The van der Waals surface area contributed by atoms with Crippen LogP contribution in [0.3, 0.4) is 0 Å². The highest BCUT2D eigenvalue weighted by molar-refractivity contribution is 7.89. The third-order valence-electron chi connectivity index (χ3n) is 6.99. The van der Waals surface area contributed by atoms with Gasteiger partial charge in [0.1, 0.15) is 0 Å². The van der Waals surface area contributed by atoms with Gasteiger partial charge in [-0.15, -0.1) is 11.3 Å². The maximum absolute atomic E-state index is 13.0. The summed E-state index contributed by atoms with van der Waals surface area (Å²) in [4.78, 5) is 5.78. The van der Waals surface area contributed by atoms with Gasteiger partial charge in [0.2, 0.25) is 20.6 Å². The molecule has 2 aliphatic rings. The first-order chi connectivity index (χ1) is 19.4. The first-order valence-corrected chi connectivity index (χ1v) is 15.6. The van der Waals surface area contributed by atoms with E-state index in [0.29, 0.717) is 54.0 Å². The number of ether oxygens (including phenoxy) is 4. The van der Waals surface area contributed by atoms with Crippen LogP contribution >= 0.6 is 11.3 Å². The van der Waals surface area contributed by atoms with E-state index >= 15 is 0 Å². The Bertz CT molecular complexity index is 1500. The first kappa shape index (κ1) is 28.3. The lowest BCUT2D eigenvalue weighted by molar-refractivity contribution is 0.0730. The summed E-state index contributed by atoms with van der Waals surface area (Å²) in [6.07, 6.45) is 5.35. The van der Waals surface area contributed by atoms with Crippen LogP contribution in [0.4, 0.5) is 5.69 Å². The lowest BCUT2D eigenvalue weighted by Crippen LogP contribution is -2.40. The SMILES string of the molecule is COc1cc(-c2csc(=Nc3ccc(S(=O)(=O)N4CCOCC4)cc3)n2N=C2CCCCC2)cc(OC)c1OC. The standard InChI is InChI=1S/C28H34N4O6S2/c1-35-25-17-20(18-26(36-2)27(25)37-3)24-19-39-28(32(24)30-22-7-5-4-6-8-22)29-21-9-11-23(12-10-21)40(33,34)31-13-15-38-16-14-31/h9-12,17-19H,4-8,13-16H2,1-3H3. The number of morpholine rings is 1. The molecule has 12 heteroatoms. The van der Waals surface area contributed by atoms with Crippen LogP contribution in [-0.4, -0.2) is 70.7 Å². The zero-order chi connectivity index (χ0) is 28.1. The fourth-order valence-corrected chi connectivity index (χ4v) is 7.10. The topological polar surface area (TPSA) is 104 Å². The van der Waals surface area contributed by atoms with Gasteiger partial charge < -0.3 is 18.9 Å². The molecular weight excluding hydrogens is 552 g/mol. The molecule has 0 N–H and O–H groups in total. The molecular formula is C28H34N4O6S2. The molecule has 5 rings (SSSR count). The van der Waals surface area contributed by atoms with E-state index < -0.39 is 10.0 Å². The molecule has 1 saturated carbocycles. The van der Waals surface area contributed by atoms with E-state index in [0.717, 1.165) is 42.7 Å². The van der Waals surface area contributed by atoms with E-state index in [1.54, 1.807) is 45.6 Å². The lowest BCUT2D eigenvalue weighted by atomic mass is 9.99. The second kappa shape index (κ2) is 12.5. The summed E-state index contributed by atoms with van der Waals surface area (Å²) < 4.78 is 51.4. The highest BCUT2D eigenvalue weighted by Crippen LogP contribution is 2.41. The molecule has 1 aromatic heterocycles. The van der Waals surface area contributed by atoms with Crippen molar-refractivity contribution in [3.63, 3.8) is 0 Å². The number of hydrogen-bond acceptors (Lipinski definition) is 9. The van der Waals surface area contributed by atoms with Gasteiger partial charge in [-0.1, -0.05) is 6.42 Å². The maximum atomic E-state index is 13.0. The van der Waals surface area contributed by atoms with Crippen LogP contribution in [0.15, 0.2) is 56.8 Å². The minimum atomic E-state index is -3.58. The van der Waals surface area contributed by atoms with Gasteiger partial charge in [-0.2, -0.15) is 9.41 Å². The van der Waals surface area contributed by atoms with Crippen molar-refractivity contribution in [2.24, 2.45) is 10.1 Å². The van der Waals surface area contributed by atoms with Gasteiger partial charge in [0.15, 0.2) is 11.5 Å². The number of benzene rings is 2. The van der Waals surface area contributed by atoms with Crippen molar-refractivity contribution in [1.29, 1.82) is 0 Å². The Morgan fingerprint density at radius 1 is 0.900 bits per heavy atom. The molecule has 1 saturated heterocycles. The van der Waals surface area contributed by atoms with E-state index in [4.69, 9.17) is 29.0 Å². The maximum Gasteiger partial charge on any atom is 0.243 e. The van der Waals surface area contributed by atoms with Gasteiger partial charge in [-0.3, -0.25) is 0 Å². The molecule has 1 aliphatic carbocycles. The van der Waals surface area contributed by atoms with Crippen LogP contribution in [0.5, 0.6) is 17.2 Å². The number of aromatic nitrogens is 1. The monoisotopic (exact) mass is 586 g/mol. The van der Waals surface area contributed by atoms with Gasteiger partial charge in [-0.25, -0.2) is 18.1 Å². The van der Waals surface area contributed by atoms with E-state index in [-0.39, 0.29) is 4.90 Å². The largest absolute Gasteiger partial charge is 0.493 e. The van der Waals surface area contributed by atoms with Crippen LogP contribution in [-0.2, 0) is 14.8 Å². The average Bonchev–Trinajstić information content (AvgIpc) is 3.39. The second-order valence-corrected chi connectivity index (χ2v) is 12.3. The third kappa shape index (κ3) is 5.95. The predicted molar refractivity (Wildman–Crippen MR) is 155 cm³/mol. The summed E-state index contributed by atoms with van der Waals surface area (Å²) in [5.41, 5.74) is 3.45. The summed E-state index contributed by atoms with van der Waals surface area (Å²) in [5, 5.41) is 7.05. The molecule has 0 unspecified atom stereocenters. The summed E-state index contributed by atoms with van der Waals surface area (Å²) in [7, 11) is 1.18. The number of sulfonamides is 1. The minimum absolute atomic E-state index is 0.243. The molecule has 0 bridgehead atoms. The molecule has 0 radical (unpaired) electrons. The van der Waals surface area contributed by atoms with Gasteiger partial charge in [0, 0.05) is 29.7 Å². The molecule has 2 fully saturated rings. The molecule has 0 atom stereocenters. The number of rotatable bonds is 8. The Kier molecular flexibility index (Phi) is 8.89. The smallest absolute Gasteiger partial charge is 0.243 e. The number of hydrogen-bond donors (Lipinski definition) is 0. The Hall–Kier alpha value is -3.19. The van der Waals surface area contributed by atoms with E-state index in [1.165, 1.54) is 22.1 Å². The quantitative estimate of drug-likeness (QED) is 0.380. The highest BCUT2D eigenvalue weighted by atomic mass is 32.2. The first-order valence-electron chi connectivity index (χ1n) is 13.2. The summed E-state index contributed by atoms with van der Waals surface area (Å²) in [5.74, 6) is 1.62. The van der Waals surface area contributed by atoms with Crippen LogP contribution < -0.4 is 19.0 Å². The Morgan fingerprint density at radius 2 is 1.55 bits per heavy atom. The van der Waals surface area contributed by atoms with Crippen molar-refractivity contribution in [2.75, 3.05) is 47.6 Å². The fourth-order valence-electron chi connectivity index (χ4n) is 4.84. The van der Waals surface area contributed by atoms with Crippen molar-refractivity contribution in [3.05, 3.63) is 46.6 Å². The normalized spacial score (nSPS) is 17.1. The Morgan fingerprint density at radius 3 is 2.15 bits per heavy atom. The molecule has 0 spiro atoms. The predicted octanol–water partition coefficient (Wildman–Crippen LogP) is 4.66. The molecule has 1 aliphatic heterocycles. The average molecular weight is 587 g/mol. The molecule has 10 nitrogen and oxygen atoms in total. The minimum Gasteiger partial charge on any atom is -0.493 e. The zero-order valence-electron chi connectivity index (χ0n) is 23.0. The molecule has 2 heterocycles. The molecule has 2 aromatic carbocycles. The van der Waals surface area contributed by atoms with Crippen LogP contribution in [0, 0.1) is 0 Å². The lowest BCUT2D eigenvalue weighted by Gasteiger charge is -2.26. The molecule has 3 aromatic rings. The van der Waals surface area contributed by atoms with Gasteiger partial charge in [0.05, 0.1) is 50.8 Å². The summed E-state index contributed by atoms with van der Waals surface area (Å²) >= 11 is 1.46. The third-order valence-corrected chi connectivity index (χ3v) is 9.72. The number of thiazole rings is 1. The van der Waals surface area contributed by atoms with E-state index in [2.05, 4.69) is 0 Å². The van der Waals surface area contributed by atoms with Crippen LogP contribution in [0.25, 0.3) is 11.3 Å². The summed E-state index contributed by atoms with van der Waals surface area (Å²) in [6, 6.07) is 10.5. The van der Waals surface area contributed by atoms with E-state index in [9.17, 15) is 8.42 Å². The van der Waals surface area contributed by atoms with Crippen LogP contribution in [0.1, 0.15) is 32.1 Å². The number of methoxy groups -OCH3 is 3. The fraction of sp³-hybridized carbons (Fsp3) is 0.429. The van der Waals surface area contributed by atoms with Crippen molar-refractivity contribution in [1.82, 2.24) is 8.98 Å². The van der Waals surface area contributed by atoms with Crippen molar-refractivity contribution >= 4 is 32.8 Å². The number of nitrogens with zero attached hydrogens (tertiary/aromatic N) is 4. The summed E-state index contributed by atoms with van der Waals surface area (Å²) in [6.45, 7) is 1.52.